The minimum atomic E-state index is -3.74. The van der Waals surface area contributed by atoms with Crippen LogP contribution in [0.4, 0.5) is 0 Å². The van der Waals surface area contributed by atoms with Crippen molar-refractivity contribution in [2.24, 2.45) is 18.9 Å². The highest BCUT2D eigenvalue weighted by molar-refractivity contribution is 7.89. The van der Waals surface area contributed by atoms with E-state index < -0.39 is 16.0 Å². The molecular weight excluding hydrogens is 554 g/mol. The molecule has 1 aliphatic heterocycles. The number of carboxylic acids is 1. The molecule has 1 saturated carbocycles. The molecular formula is C32H41N3O6S. The molecule has 1 atom stereocenters. The van der Waals surface area contributed by atoms with Gasteiger partial charge >= 0.3 is 5.97 Å². The Balaban J connectivity index is 1.24. The Labute approximate surface area is 247 Å². The van der Waals surface area contributed by atoms with E-state index in [2.05, 4.69) is 18.6 Å². The lowest BCUT2D eigenvalue weighted by Gasteiger charge is -2.41. The standard InChI is InChI=1S/C32H41N3O6S/c1-21(2)30-20-41-17-16-35(30)32(38)24-9-12-26(13-10-24)33-42(39,40)27-14-11-25-18-28(34(3)29(25)19-27)23-7-4-22(5-8-23)6-15-31(36)37/h4-5,7-8,11,14,18-19,21,24,26,30,33H,6,9-10,12-13,15-17,20H2,1-3H3,(H,36,37)/t24-,26-,30-/m1/s1. The van der Waals surface area contributed by atoms with E-state index in [-0.39, 0.29) is 35.2 Å². The van der Waals surface area contributed by atoms with Crippen molar-refractivity contribution in [3.63, 3.8) is 0 Å². The molecule has 1 aromatic heterocycles. The second-order valence-corrected chi connectivity index (χ2v) is 13.7. The first-order chi connectivity index (χ1) is 20.0. The van der Waals surface area contributed by atoms with E-state index in [1.165, 1.54) is 0 Å². The van der Waals surface area contributed by atoms with Gasteiger partial charge in [-0.05, 0) is 67.3 Å². The number of aromatic nitrogens is 1. The summed E-state index contributed by atoms with van der Waals surface area (Å²) in [5.41, 5.74) is 3.68. The number of amides is 1. The van der Waals surface area contributed by atoms with E-state index in [9.17, 15) is 18.0 Å². The highest BCUT2D eigenvalue weighted by atomic mass is 32.2. The van der Waals surface area contributed by atoms with Gasteiger partial charge in [0.25, 0.3) is 0 Å². The second-order valence-electron chi connectivity index (χ2n) is 12.0. The fraction of sp³-hybridized carbons (Fsp3) is 0.500. The van der Waals surface area contributed by atoms with Crippen LogP contribution in [-0.4, -0.2) is 66.7 Å². The number of carboxylic acid groups (broad SMARTS) is 1. The summed E-state index contributed by atoms with van der Waals surface area (Å²) >= 11 is 0. The lowest BCUT2D eigenvalue weighted by Crippen LogP contribution is -2.53. The number of carbonyl (C=O) groups is 2. The number of morpholine rings is 1. The van der Waals surface area contributed by atoms with E-state index in [1.807, 2.05) is 52.9 Å². The van der Waals surface area contributed by atoms with Crippen molar-refractivity contribution in [1.82, 2.24) is 14.2 Å². The molecule has 2 N–H and O–H groups in total. The van der Waals surface area contributed by atoms with Gasteiger partial charge < -0.3 is 19.3 Å². The molecule has 42 heavy (non-hydrogen) atoms. The molecule has 1 aliphatic carbocycles. The van der Waals surface area contributed by atoms with Gasteiger partial charge in [-0.15, -0.1) is 0 Å². The van der Waals surface area contributed by atoms with Crippen LogP contribution in [0.15, 0.2) is 53.4 Å². The molecule has 2 heterocycles. The SMILES string of the molecule is CC(C)[C@H]1COCCN1C(=O)[C@H]1CC[C@H](NS(=O)(=O)c2ccc3cc(-c4ccc(CCC(=O)O)cc4)n(C)c3c2)CC1. The molecule has 0 bridgehead atoms. The largest absolute Gasteiger partial charge is 0.481 e. The van der Waals surface area contributed by atoms with Crippen molar-refractivity contribution in [1.29, 1.82) is 0 Å². The zero-order valence-corrected chi connectivity index (χ0v) is 25.4. The van der Waals surface area contributed by atoms with Crippen molar-refractivity contribution < 1.29 is 27.9 Å². The number of ether oxygens (including phenoxy) is 1. The highest BCUT2D eigenvalue weighted by Crippen LogP contribution is 2.31. The number of carbonyl (C=O) groups excluding carboxylic acids is 1. The van der Waals surface area contributed by atoms with Crippen LogP contribution in [0.3, 0.4) is 0 Å². The Bertz CT molecular complexity index is 1540. The molecule has 2 aliphatic rings. The molecule has 9 nitrogen and oxygen atoms in total. The molecule has 10 heteroatoms. The van der Waals surface area contributed by atoms with E-state index >= 15 is 0 Å². The van der Waals surface area contributed by atoms with Crippen LogP contribution < -0.4 is 4.72 Å². The fourth-order valence-corrected chi connectivity index (χ4v) is 7.60. The first-order valence-corrected chi connectivity index (χ1v) is 16.3. The zero-order chi connectivity index (χ0) is 30.0. The van der Waals surface area contributed by atoms with Gasteiger partial charge in [-0.1, -0.05) is 44.2 Å². The van der Waals surface area contributed by atoms with Crippen molar-refractivity contribution in [2.75, 3.05) is 19.8 Å². The molecule has 1 saturated heterocycles. The molecule has 2 aromatic carbocycles. The van der Waals surface area contributed by atoms with Crippen LogP contribution in [0.25, 0.3) is 22.2 Å². The number of hydrogen-bond acceptors (Lipinski definition) is 5. The van der Waals surface area contributed by atoms with Crippen molar-refractivity contribution >= 4 is 32.8 Å². The smallest absolute Gasteiger partial charge is 0.303 e. The summed E-state index contributed by atoms with van der Waals surface area (Å²) in [4.78, 5) is 26.4. The Morgan fingerprint density at radius 2 is 1.76 bits per heavy atom. The molecule has 0 spiro atoms. The van der Waals surface area contributed by atoms with Crippen LogP contribution in [0.2, 0.25) is 0 Å². The quantitative estimate of drug-likeness (QED) is 0.374. The first-order valence-electron chi connectivity index (χ1n) is 14.8. The molecule has 0 radical (unpaired) electrons. The van der Waals surface area contributed by atoms with E-state index in [4.69, 9.17) is 9.84 Å². The maximum absolute atomic E-state index is 13.4. The molecule has 0 unspecified atom stereocenters. The normalized spacial score (nSPS) is 21.6. The third kappa shape index (κ3) is 6.55. The Morgan fingerprint density at radius 3 is 2.43 bits per heavy atom. The summed E-state index contributed by atoms with van der Waals surface area (Å²) in [6.07, 6.45) is 3.17. The maximum atomic E-state index is 13.4. The third-order valence-corrected chi connectivity index (χ3v) is 10.3. The first kappa shape index (κ1) is 30.3. The van der Waals surface area contributed by atoms with Crippen LogP contribution in [0, 0.1) is 11.8 Å². The number of sulfonamides is 1. The Kier molecular flexibility index (Phi) is 9.05. The molecule has 1 amide bonds. The highest BCUT2D eigenvalue weighted by Gasteiger charge is 2.36. The summed E-state index contributed by atoms with van der Waals surface area (Å²) < 4.78 is 37.3. The second kappa shape index (κ2) is 12.6. The van der Waals surface area contributed by atoms with Crippen LogP contribution >= 0.6 is 0 Å². The van der Waals surface area contributed by atoms with Gasteiger partial charge in [0.2, 0.25) is 15.9 Å². The molecule has 2 fully saturated rings. The number of benzene rings is 2. The average molecular weight is 596 g/mol. The zero-order valence-electron chi connectivity index (χ0n) is 24.6. The van der Waals surface area contributed by atoms with Gasteiger partial charge in [0.05, 0.1) is 24.2 Å². The Morgan fingerprint density at radius 1 is 1.05 bits per heavy atom. The topological polar surface area (TPSA) is 118 Å². The Hall–Kier alpha value is -3.21. The summed E-state index contributed by atoms with van der Waals surface area (Å²) in [6, 6.07) is 14.9. The van der Waals surface area contributed by atoms with Gasteiger partial charge in [0.15, 0.2) is 0 Å². The molecule has 226 valence electrons. The summed E-state index contributed by atoms with van der Waals surface area (Å²) in [7, 11) is -1.83. The lowest BCUT2D eigenvalue weighted by atomic mass is 9.85. The number of rotatable bonds is 9. The molecule has 5 rings (SSSR count). The van der Waals surface area contributed by atoms with Gasteiger partial charge in [-0.3, -0.25) is 9.59 Å². The average Bonchev–Trinajstić information content (AvgIpc) is 3.31. The van der Waals surface area contributed by atoms with Gasteiger partial charge in [-0.25, -0.2) is 13.1 Å². The summed E-state index contributed by atoms with van der Waals surface area (Å²) in [6.45, 7) is 5.99. The van der Waals surface area contributed by atoms with Crippen LogP contribution in [-0.2, 0) is 37.8 Å². The predicted octanol–water partition coefficient (Wildman–Crippen LogP) is 4.58. The monoisotopic (exact) mass is 595 g/mol. The number of nitrogens with one attached hydrogen (secondary N) is 1. The van der Waals surface area contributed by atoms with Crippen molar-refractivity contribution in [3.05, 3.63) is 54.1 Å². The van der Waals surface area contributed by atoms with Crippen molar-refractivity contribution in [2.45, 2.75) is 69.4 Å². The summed E-state index contributed by atoms with van der Waals surface area (Å²) in [5, 5.41) is 9.86. The van der Waals surface area contributed by atoms with Gasteiger partial charge in [0.1, 0.15) is 0 Å². The number of aryl methyl sites for hydroxylation is 2. The minimum absolute atomic E-state index is 0.0746. The van der Waals surface area contributed by atoms with E-state index in [0.29, 0.717) is 57.8 Å². The van der Waals surface area contributed by atoms with E-state index in [1.54, 1.807) is 12.1 Å². The minimum Gasteiger partial charge on any atom is -0.481 e. The fourth-order valence-electron chi connectivity index (χ4n) is 6.28. The van der Waals surface area contributed by atoms with Gasteiger partial charge in [-0.2, -0.15) is 0 Å². The predicted molar refractivity (Wildman–Crippen MR) is 162 cm³/mol. The number of aliphatic carboxylic acids is 1. The number of fused-ring (bicyclic) bond motifs is 1. The van der Waals surface area contributed by atoms with Crippen molar-refractivity contribution in [3.8, 4) is 11.3 Å². The van der Waals surface area contributed by atoms with E-state index in [0.717, 1.165) is 27.7 Å². The third-order valence-electron chi connectivity index (χ3n) is 8.82. The number of hydrogen-bond donors (Lipinski definition) is 2. The van der Waals surface area contributed by atoms with Crippen LogP contribution in [0.5, 0.6) is 0 Å². The van der Waals surface area contributed by atoms with Crippen LogP contribution in [0.1, 0.15) is 51.5 Å². The van der Waals surface area contributed by atoms with Gasteiger partial charge in [0, 0.05) is 48.6 Å². The maximum Gasteiger partial charge on any atom is 0.303 e. The number of nitrogens with zero attached hydrogens (tertiary/aromatic N) is 2. The lowest BCUT2D eigenvalue weighted by molar-refractivity contribution is -0.147. The molecule has 3 aromatic rings. The summed E-state index contributed by atoms with van der Waals surface area (Å²) in [5.74, 6) is -0.391.